The Morgan fingerprint density at radius 1 is 1.39 bits per heavy atom. The second-order valence-corrected chi connectivity index (χ2v) is 5.29. The highest BCUT2D eigenvalue weighted by molar-refractivity contribution is 6.31. The van der Waals surface area contributed by atoms with E-state index >= 15 is 0 Å². The number of nitrogens with zero attached hydrogens (tertiary/aromatic N) is 2. The van der Waals surface area contributed by atoms with Gasteiger partial charge in [0, 0.05) is 29.6 Å². The molecule has 4 heteroatoms. The highest BCUT2D eigenvalue weighted by Gasteiger charge is 2.05. The summed E-state index contributed by atoms with van der Waals surface area (Å²) in [4.78, 5) is 4.33. The molecule has 0 radical (unpaired) electrons. The van der Waals surface area contributed by atoms with E-state index in [-0.39, 0.29) is 0 Å². The van der Waals surface area contributed by atoms with Crippen molar-refractivity contribution in [1.82, 2.24) is 9.55 Å². The maximum Gasteiger partial charge on any atom is 0.207 e. The number of imidazole rings is 1. The molecule has 0 saturated heterocycles. The molecule has 0 amide bonds. The third kappa shape index (κ3) is 3.05. The summed E-state index contributed by atoms with van der Waals surface area (Å²) in [6.45, 7) is 7.31. The standard InChI is InChI=1S/C14H18ClN3/c1-10(2)9-18-7-6-16-14(18)17-12-5-4-11(3)13(15)8-12/h4-8,10H,9H2,1-3H3,(H,16,17). The highest BCUT2D eigenvalue weighted by Crippen LogP contribution is 2.22. The van der Waals surface area contributed by atoms with Crippen LogP contribution in [0, 0.1) is 12.8 Å². The van der Waals surface area contributed by atoms with Crippen LogP contribution in [0.25, 0.3) is 0 Å². The summed E-state index contributed by atoms with van der Waals surface area (Å²) in [5.41, 5.74) is 2.04. The van der Waals surface area contributed by atoms with Crippen LogP contribution in [0.2, 0.25) is 5.02 Å². The largest absolute Gasteiger partial charge is 0.326 e. The van der Waals surface area contributed by atoms with Gasteiger partial charge in [0.1, 0.15) is 0 Å². The lowest BCUT2D eigenvalue weighted by molar-refractivity contribution is 0.527. The summed E-state index contributed by atoms with van der Waals surface area (Å²) in [6.07, 6.45) is 3.79. The summed E-state index contributed by atoms with van der Waals surface area (Å²) < 4.78 is 2.11. The van der Waals surface area contributed by atoms with Gasteiger partial charge in [-0.1, -0.05) is 31.5 Å². The predicted octanol–water partition coefficient (Wildman–Crippen LogP) is 4.24. The van der Waals surface area contributed by atoms with Crippen molar-refractivity contribution in [2.24, 2.45) is 5.92 Å². The molecule has 0 unspecified atom stereocenters. The molecule has 1 N–H and O–H groups in total. The summed E-state index contributed by atoms with van der Waals surface area (Å²) >= 11 is 6.11. The zero-order valence-electron chi connectivity index (χ0n) is 10.9. The first-order valence-electron chi connectivity index (χ1n) is 6.10. The van der Waals surface area contributed by atoms with Crippen molar-refractivity contribution in [3.8, 4) is 0 Å². The number of benzene rings is 1. The molecule has 3 nitrogen and oxygen atoms in total. The van der Waals surface area contributed by atoms with Crippen LogP contribution in [-0.2, 0) is 6.54 Å². The lowest BCUT2D eigenvalue weighted by Gasteiger charge is -2.12. The van der Waals surface area contributed by atoms with Gasteiger partial charge in [-0.3, -0.25) is 0 Å². The molecule has 1 heterocycles. The van der Waals surface area contributed by atoms with Gasteiger partial charge in [-0.05, 0) is 30.5 Å². The Morgan fingerprint density at radius 2 is 2.17 bits per heavy atom. The molecular weight excluding hydrogens is 246 g/mol. The molecule has 1 aromatic carbocycles. The predicted molar refractivity (Wildman–Crippen MR) is 76.5 cm³/mol. The highest BCUT2D eigenvalue weighted by atomic mass is 35.5. The van der Waals surface area contributed by atoms with Crippen molar-refractivity contribution >= 4 is 23.2 Å². The molecule has 1 aromatic heterocycles. The first-order valence-corrected chi connectivity index (χ1v) is 6.48. The summed E-state index contributed by atoms with van der Waals surface area (Å²) in [7, 11) is 0. The first kappa shape index (κ1) is 13.0. The molecule has 2 aromatic rings. The fourth-order valence-electron chi connectivity index (χ4n) is 1.77. The lowest BCUT2D eigenvalue weighted by atomic mass is 10.2. The normalized spacial score (nSPS) is 10.9. The molecule has 0 aliphatic heterocycles. The summed E-state index contributed by atoms with van der Waals surface area (Å²) in [6, 6.07) is 5.93. The van der Waals surface area contributed by atoms with Crippen LogP contribution in [0.4, 0.5) is 11.6 Å². The Kier molecular flexibility index (Phi) is 3.92. The lowest BCUT2D eigenvalue weighted by Crippen LogP contribution is -2.07. The van der Waals surface area contributed by atoms with Crippen LogP contribution in [-0.4, -0.2) is 9.55 Å². The van der Waals surface area contributed by atoms with E-state index in [1.807, 2.05) is 31.3 Å². The third-order valence-corrected chi connectivity index (χ3v) is 3.11. The van der Waals surface area contributed by atoms with E-state index in [0.717, 1.165) is 28.8 Å². The van der Waals surface area contributed by atoms with Crippen LogP contribution in [0.3, 0.4) is 0 Å². The fourth-order valence-corrected chi connectivity index (χ4v) is 1.95. The molecule has 18 heavy (non-hydrogen) atoms. The molecular formula is C14H18ClN3. The molecule has 0 aliphatic rings. The number of hydrogen-bond acceptors (Lipinski definition) is 2. The molecule has 0 spiro atoms. The number of aryl methyl sites for hydroxylation is 1. The number of hydrogen-bond donors (Lipinski definition) is 1. The molecule has 96 valence electrons. The minimum absolute atomic E-state index is 0.585. The van der Waals surface area contributed by atoms with Gasteiger partial charge in [-0.25, -0.2) is 4.98 Å². The number of nitrogens with one attached hydrogen (secondary N) is 1. The maximum atomic E-state index is 6.11. The number of halogens is 1. The maximum absolute atomic E-state index is 6.11. The zero-order chi connectivity index (χ0) is 13.1. The molecule has 2 rings (SSSR count). The second kappa shape index (κ2) is 5.44. The molecule has 0 saturated carbocycles. The van der Waals surface area contributed by atoms with Crippen LogP contribution in [0.15, 0.2) is 30.6 Å². The fraction of sp³-hybridized carbons (Fsp3) is 0.357. The number of aromatic nitrogens is 2. The average Bonchev–Trinajstić information content (AvgIpc) is 2.70. The van der Waals surface area contributed by atoms with E-state index in [1.54, 1.807) is 6.20 Å². The van der Waals surface area contributed by atoms with Gasteiger partial charge in [0.15, 0.2) is 0 Å². The Balaban J connectivity index is 2.18. The van der Waals surface area contributed by atoms with E-state index in [4.69, 9.17) is 11.6 Å². The first-order chi connectivity index (χ1) is 8.56. The summed E-state index contributed by atoms with van der Waals surface area (Å²) in [5.74, 6) is 1.44. The smallest absolute Gasteiger partial charge is 0.207 e. The molecule has 0 aliphatic carbocycles. The van der Waals surface area contributed by atoms with Gasteiger partial charge in [-0.15, -0.1) is 0 Å². The van der Waals surface area contributed by atoms with Crippen molar-refractivity contribution in [2.75, 3.05) is 5.32 Å². The molecule has 0 fully saturated rings. The monoisotopic (exact) mass is 263 g/mol. The third-order valence-electron chi connectivity index (χ3n) is 2.71. The number of anilines is 2. The van der Waals surface area contributed by atoms with Gasteiger partial charge in [0.25, 0.3) is 0 Å². The number of rotatable bonds is 4. The van der Waals surface area contributed by atoms with Gasteiger partial charge in [0.2, 0.25) is 5.95 Å². The molecule has 0 bridgehead atoms. The van der Waals surface area contributed by atoms with Crippen molar-refractivity contribution in [1.29, 1.82) is 0 Å². The van der Waals surface area contributed by atoms with Crippen molar-refractivity contribution < 1.29 is 0 Å². The van der Waals surface area contributed by atoms with E-state index in [9.17, 15) is 0 Å². The Labute approximate surface area is 113 Å². The van der Waals surface area contributed by atoms with Crippen LogP contribution in [0.1, 0.15) is 19.4 Å². The van der Waals surface area contributed by atoms with Crippen LogP contribution in [0.5, 0.6) is 0 Å². The van der Waals surface area contributed by atoms with Crippen LogP contribution < -0.4 is 5.32 Å². The Morgan fingerprint density at radius 3 is 2.83 bits per heavy atom. The van der Waals surface area contributed by atoms with Crippen molar-refractivity contribution in [3.05, 3.63) is 41.2 Å². The Bertz CT molecular complexity index is 532. The van der Waals surface area contributed by atoms with Gasteiger partial charge in [-0.2, -0.15) is 0 Å². The van der Waals surface area contributed by atoms with Gasteiger partial charge < -0.3 is 9.88 Å². The second-order valence-electron chi connectivity index (χ2n) is 4.89. The van der Waals surface area contributed by atoms with Crippen molar-refractivity contribution in [2.45, 2.75) is 27.3 Å². The topological polar surface area (TPSA) is 29.9 Å². The zero-order valence-corrected chi connectivity index (χ0v) is 11.7. The van der Waals surface area contributed by atoms with Crippen LogP contribution >= 0.6 is 11.6 Å². The quantitative estimate of drug-likeness (QED) is 0.894. The van der Waals surface area contributed by atoms with E-state index in [0.29, 0.717) is 5.92 Å². The Hall–Kier alpha value is -1.48. The van der Waals surface area contributed by atoms with E-state index in [1.165, 1.54) is 0 Å². The SMILES string of the molecule is Cc1ccc(Nc2nccn2CC(C)C)cc1Cl. The molecule has 0 atom stereocenters. The van der Waals surface area contributed by atoms with Gasteiger partial charge >= 0.3 is 0 Å². The summed E-state index contributed by atoms with van der Waals surface area (Å²) in [5, 5.41) is 4.06. The average molecular weight is 264 g/mol. The van der Waals surface area contributed by atoms with E-state index < -0.39 is 0 Å². The van der Waals surface area contributed by atoms with Crippen molar-refractivity contribution in [3.63, 3.8) is 0 Å². The minimum Gasteiger partial charge on any atom is -0.326 e. The van der Waals surface area contributed by atoms with E-state index in [2.05, 4.69) is 28.7 Å². The minimum atomic E-state index is 0.585. The van der Waals surface area contributed by atoms with Gasteiger partial charge in [0.05, 0.1) is 0 Å².